The van der Waals surface area contributed by atoms with Gasteiger partial charge in [-0.05, 0) is 100 Å². The second-order valence-electron chi connectivity index (χ2n) is 14.5. The van der Waals surface area contributed by atoms with E-state index in [1.54, 1.807) is 0 Å². The third-order valence-corrected chi connectivity index (χ3v) is 12.4. The van der Waals surface area contributed by atoms with Crippen molar-refractivity contribution >= 4 is 70.4 Å². The summed E-state index contributed by atoms with van der Waals surface area (Å²) in [7, 11) is 0. The second-order valence-corrected chi connectivity index (χ2v) is 15.6. The third-order valence-electron chi connectivity index (χ3n) is 11.2. The number of anilines is 3. The van der Waals surface area contributed by atoms with Crippen molar-refractivity contribution < 1.29 is 0 Å². The van der Waals surface area contributed by atoms with Crippen molar-refractivity contribution in [2.24, 2.45) is 0 Å². The molecule has 2 nitrogen and oxygen atoms in total. The zero-order valence-corrected chi connectivity index (χ0v) is 31.9. The zero-order valence-electron chi connectivity index (χ0n) is 31.1. The van der Waals surface area contributed by atoms with Crippen LogP contribution in [0.4, 0.5) is 17.1 Å². The predicted molar refractivity (Wildman–Crippen MR) is 245 cm³/mol. The van der Waals surface area contributed by atoms with Crippen LogP contribution in [0.2, 0.25) is 0 Å². The van der Waals surface area contributed by atoms with Crippen molar-refractivity contribution in [3.05, 3.63) is 218 Å². The highest BCUT2D eigenvalue weighted by atomic mass is 32.1. The molecule has 0 N–H and O–H groups in total. The number of hydrogen-bond donors (Lipinski definition) is 0. The number of aromatic nitrogens is 1. The minimum absolute atomic E-state index is 1.10. The SMILES string of the molecule is c1ccc(-c2ccc(N(c3ccc4sc5ccccc5c4c3)c3ccc4c5c(-c6ccccc6-c6ccccc6)cccc5n(-c5ccccc5)c4c3)cc2)cc1. The largest absolute Gasteiger partial charge is 0.310 e. The minimum Gasteiger partial charge on any atom is -0.310 e. The van der Waals surface area contributed by atoms with Crippen molar-refractivity contribution in [1.82, 2.24) is 4.57 Å². The zero-order chi connectivity index (χ0) is 37.7. The summed E-state index contributed by atoms with van der Waals surface area (Å²) in [4.78, 5) is 2.42. The van der Waals surface area contributed by atoms with Gasteiger partial charge in [0.25, 0.3) is 0 Å². The van der Waals surface area contributed by atoms with Gasteiger partial charge in [-0.25, -0.2) is 0 Å². The molecule has 2 aromatic heterocycles. The van der Waals surface area contributed by atoms with Crippen LogP contribution in [0.25, 0.3) is 81.0 Å². The van der Waals surface area contributed by atoms with Crippen molar-refractivity contribution in [3.63, 3.8) is 0 Å². The summed E-state index contributed by atoms with van der Waals surface area (Å²) in [6.45, 7) is 0. The van der Waals surface area contributed by atoms with Gasteiger partial charge in [0.15, 0.2) is 0 Å². The van der Waals surface area contributed by atoms with Gasteiger partial charge in [-0.15, -0.1) is 11.3 Å². The van der Waals surface area contributed by atoms with Crippen molar-refractivity contribution in [3.8, 4) is 39.1 Å². The quantitative estimate of drug-likeness (QED) is 0.158. The maximum Gasteiger partial charge on any atom is 0.0562 e. The fourth-order valence-electron chi connectivity index (χ4n) is 8.60. The smallest absolute Gasteiger partial charge is 0.0562 e. The predicted octanol–water partition coefficient (Wildman–Crippen LogP) is 15.6. The van der Waals surface area contributed by atoms with Gasteiger partial charge in [0, 0.05) is 53.7 Å². The van der Waals surface area contributed by atoms with E-state index >= 15 is 0 Å². The number of rotatable bonds is 7. The van der Waals surface area contributed by atoms with E-state index in [0.717, 1.165) is 28.3 Å². The number of nitrogens with zero attached hydrogens (tertiary/aromatic N) is 2. The first kappa shape index (κ1) is 33.2. The first-order valence-electron chi connectivity index (χ1n) is 19.4. The first-order chi connectivity index (χ1) is 28.3. The van der Waals surface area contributed by atoms with Crippen LogP contribution >= 0.6 is 11.3 Å². The lowest BCUT2D eigenvalue weighted by Crippen LogP contribution is -2.10. The number of para-hydroxylation sites is 1. The molecule has 2 heterocycles. The average Bonchev–Trinajstić information content (AvgIpc) is 3.83. The van der Waals surface area contributed by atoms with Gasteiger partial charge in [-0.3, -0.25) is 0 Å². The highest BCUT2D eigenvalue weighted by Crippen LogP contribution is 2.45. The van der Waals surface area contributed by atoms with Crippen molar-refractivity contribution in [2.75, 3.05) is 4.90 Å². The minimum atomic E-state index is 1.10. The highest BCUT2D eigenvalue weighted by molar-refractivity contribution is 7.25. The topological polar surface area (TPSA) is 8.17 Å². The summed E-state index contributed by atoms with van der Waals surface area (Å²) in [6, 6.07) is 79.4. The van der Waals surface area contributed by atoms with Crippen LogP contribution in [-0.4, -0.2) is 4.57 Å². The lowest BCUT2D eigenvalue weighted by atomic mass is 9.92. The summed E-state index contributed by atoms with van der Waals surface area (Å²) in [5.41, 5.74) is 14.1. The molecule has 0 aliphatic heterocycles. The standard InChI is InChI=1S/C54H36N2S/c1-4-15-37(16-5-1)38-27-29-41(30-28-38)55(42-32-34-53-49(35-42)46-23-12-13-26-52(46)57-53)43-31-33-48-51(36-43)56(40-19-8-3-9-20-40)50-25-14-24-47(54(48)50)45-22-11-10-21-44(45)39-17-6-2-7-18-39/h1-36H. The summed E-state index contributed by atoms with van der Waals surface area (Å²) in [5.74, 6) is 0. The molecule has 0 atom stereocenters. The summed E-state index contributed by atoms with van der Waals surface area (Å²) >= 11 is 1.85. The molecule has 3 heteroatoms. The van der Waals surface area contributed by atoms with E-state index in [1.165, 1.54) is 69.8 Å². The van der Waals surface area contributed by atoms with Gasteiger partial charge >= 0.3 is 0 Å². The van der Waals surface area contributed by atoms with E-state index < -0.39 is 0 Å². The van der Waals surface area contributed by atoms with Crippen molar-refractivity contribution in [2.45, 2.75) is 0 Å². The molecule has 11 aromatic rings. The van der Waals surface area contributed by atoms with Gasteiger partial charge in [-0.2, -0.15) is 0 Å². The molecular formula is C54H36N2S. The Balaban J connectivity index is 1.16. The molecule has 0 fully saturated rings. The van der Waals surface area contributed by atoms with Gasteiger partial charge in [0.05, 0.1) is 11.0 Å². The van der Waals surface area contributed by atoms with E-state index in [-0.39, 0.29) is 0 Å². The Hall–Kier alpha value is -7.20. The van der Waals surface area contributed by atoms with Gasteiger partial charge < -0.3 is 9.47 Å². The highest BCUT2D eigenvalue weighted by Gasteiger charge is 2.21. The van der Waals surface area contributed by atoms with Gasteiger partial charge in [0.1, 0.15) is 0 Å². The number of benzene rings is 9. The van der Waals surface area contributed by atoms with Gasteiger partial charge in [0.2, 0.25) is 0 Å². The van der Waals surface area contributed by atoms with E-state index in [9.17, 15) is 0 Å². The van der Waals surface area contributed by atoms with E-state index in [0.29, 0.717) is 0 Å². The molecule has 0 unspecified atom stereocenters. The number of hydrogen-bond acceptors (Lipinski definition) is 2. The molecule has 268 valence electrons. The number of fused-ring (bicyclic) bond motifs is 6. The van der Waals surface area contributed by atoms with Crippen LogP contribution < -0.4 is 4.90 Å². The Morgan fingerprint density at radius 2 is 0.912 bits per heavy atom. The molecule has 0 spiro atoms. The third kappa shape index (κ3) is 5.71. The Kier molecular flexibility index (Phi) is 8.04. The van der Waals surface area contributed by atoms with Crippen LogP contribution in [0.1, 0.15) is 0 Å². The Bertz CT molecular complexity index is 3220. The molecule has 0 amide bonds. The molecule has 0 bridgehead atoms. The maximum absolute atomic E-state index is 2.44. The molecule has 0 radical (unpaired) electrons. The Labute approximate surface area is 335 Å². The van der Waals surface area contributed by atoms with Crippen LogP contribution in [0.5, 0.6) is 0 Å². The Morgan fingerprint density at radius 1 is 0.333 bits per heavy atom. The number of thiophene rings is 1. The monoisotopic (exact) mass is 744 g/mol. The van der Waals surface area contributed by atoms with E-state index in [2.05, 4.69) is 228 Å². The summed E-state index contributed by atoms with van der Waals surface area (Å²) < 4.78 is 5.04. The fourth-order valence-corrected chi connectivity index (χ4v) is 9.68. The van der Waals surface area contributed by atoms with Crippen LogP contribution in [0, 0.1) is 0 Å². The Morgan fingerprint density at radius 3 is 1.70 bits per heavy atom. The second kappa shape index (κ2) is 13.8. The van der Waals surface area contributed by atoms with Crippen molar-refractivity contribution in [1.29, 1.82) is 0 Å². The fraction of sp³-hybridized carbons (Fsp3) is 0. The first-order valence-corrected chi connectivity index (χ1v) is 20.2. The molecule has 9 aromatic carbocycles. The molecule has 0 saturated carbocycles. The summed E-state index contributed by atoms with van der Waals surface area (Å²) in [5, 5.41) is 5.04. The normalized spacial score (nSPS) is 11.5. The molecule has 0 aliphatic carbocycles. The lowest BCUT2D eigenvalue weighted by molar-refractivity contribution is 1.18. The summed E-state index contributed by atoms with van der Waals surface area (Å²) in [6.07, 6.45) is 0. The lowest BCUT2D eigenvalue weighted by Gasteiger charge is -2.26. The van der Waals surface area contributed by atoms with E-state index in [4.69, 9.17) is 0 Å². The molecule has 0 aliphatic rings. The van der Waals surface area contributed by atoms with Crippen LogP contribution in [0.3, 0.4) is 0 Å². The molecule has 57 heavy (non-hydrogen) atoms. The molecular weight excluding hydrogens is 709 g/mol. The van der Waals surface area contributed by atoms with Gasteiger partial charge in [-0.1, -0.05) is 152 Å². The van der Waals surface area contributed by atoms with E-state index in [1.807, 2.05) is 11.3 Å². The van der Waals surface area contributed by atoms with Crippen LogP contribution in [0.15, 0.2) is 218 Å². The molecule has 0 saturated heterocycles. The molecule has 11 rings (SSSR count). The van der Waals surface area contributed by atoms with Crippen LogP contribution in [-0.2, 0) is 0 Å². The maximum atomic E-state index is 2.44. The average molecular weight is 745 g/mol.